The van der Waals surface area contributed by atoms with Gasteiger partial charge >= 0.3 is 0 Å². The van der Waals surface area contributed by atoms with E-state index in [0.29, 0.717) is 12.2 Å². The smallest absolute Gasteiger partial charge is 0.217 e. The van der Waals surface area contributed by atoms with Crippen molar-refractivity contribution in [3.05, 3.63) is 18.3 Å². The highest BCUT2D eigenvalue weighted by Gasteiger charge is 1.95. The number of nitrogens with one attached hydrogen (secondary N) is 1. The van der Waals surface area contributed by atoms with Gasteiger partial charge in [0.15, 0.2) is 0 Å². The molecule has 0 fully saturated rings. The Labute approximate surface area is 88.9 Å². The van der Waals surface area contributed by atoms with E-state index in [-0.39, 0.29) is 5.91 Å². The lowest BCUT2D eigenvalue weighted by Crippen LogP contribution is -2.11. The third-order valence-electron chi connectivity index (χ3n) is 1.97. The molecular formula is C10H16N4O. The summed E-state index contributed by atoms with van der Waals surface area (Å²) in [6.07, 6.45) is 3.85. The highest BCUT2D eigenvalue weighted by Crippen LogP contribution is 2.07. The van der Waals surface area contributed by atoms with Crippen LogP contribution in [0.2, 0.25) is 0 Å². The fraction of sp³-hybridized carbons (Fsp3) is 0.400. The average molecular weight is 208 g/mol. The van der Waals surface area contributed by atoms with E-state index in [2.05, 4.69) is 10.3 Å². The van der Waals surface area contributed by atoms with E-state index in [1.807, 2.05) is 6.07 Å². The number of nitrogens with zero attached hydrogens (tertiary/aromatic N) is 1. The molecule has 1 aromatic rings. The van der Waals surface area contributed by atoms with E-state index in [0.717, 1.165) is 25.1 Å². The number of rotatable bonds is 6. The second kappa shape index (κ2) is 5.85. The maximum absolute atomic E-state index is 10.4. The van der Waals surface area contributed by atoms with E-state index in [1.54, 1.807) is 12.3 Å². The molecular weight excluding hydrogens is 192 g/mol. The van der Waals surface area contributed by atoms with Gasteiger partial charge in [0.25, 0.3) is 0 Å². The van der Waals surface area contributed by atoms with Crippen molar-refractivity contribution in [2.24, 2.45) is 5.73 Å². The molecule has 0 spiro atoms. The number of nitrogen functional groups attached to an aromatic ring is 1. The predicted molar refractivity (Wildman–Crippen MR) is 60.2 cm³/mol. The van der Waals surface area contributed by atoms with Gasteiger partial charge in [0.2, 0.25) is 5.91 Å². The summed E-state index contributed by atoms with van der Waals surface area (Å²) in [6, 6.07) is 3.61. The van der Waals surface area contributed by atoms with Crippen LogP contribution in [0.25, 0.3) is 0 Å². The van der Waals surface area contributed by atoms with Gasteiger partial charge in [-0.05, 0) is 25.0 Å². The normalized spacial score (nSPS) is 9.87. The van der Waals surface area contributed by atoms with Crippen LogP contribution in [-0.4, -0.2) is 17.4 Å². The molecule has 0 saturated heterocycles. The Hall–Kier alpha value is -1.78. The number of primary amides is 1. The van der Waals surface area contributed by atoms with Crippen LogP contribution in [-0.2, 0) is 4.79 Å². The molecule has 0 aliphatic rings. The zero-order chi connectivity index (χ0) is 11.1. The Bertz CT molecular complexity index is 310. The minimum atomic E-state index is -0.246. The van der Waals surface area contributed by atoms with Crippen molar-refractivity contribution in [1.29, 1.82) is 0 Å². The average Bonchev–Trinajstić information content (AvgIpc) is 2.20. The maximum Gasteiger partial charge on any atom is 0.217 e. The summed E-state index contributed by atoms with van der Waals surface area (Å²) in [5.41, 5.74) is 11.4. The number of unbranched alkanes of at least 4 members (excludes halogenated alkanes) is 1. The molecule has 82 valence electrons. The van der Waals surface area contributed by atoms with Gasteiger partial charge in [0.05, 0.1) is 11.9 Å². The molecule has 0 bridgehead atoms. The molecule has 0 unspecified atom stereocenters. The lowest BCUT2D eigenvalue weighted by atomic mass is 10.2. The quantitative estimate of drug-likeness (QED) is 0.601. The van der Waals surface area contributed by atoms with Crippen LogP contribution in [0, 0.1) is 0 Å². The monoisotopic (exact) mass is 208 g/mol. The zero-order valence-electron chi connectivity index (χ0n) is 8.57. The predicted octanol–water partition coefficient (Wildman–Crippen LogP) is 0.731. The molecule has 0 aromatic carbocycles. The van der Waals surface area contributed by atoms with Crippen LogP contribution in [0.15, 0.2) is 18.3 Å². The Balaban J connectivity index is 2.15. The molecule has 5 N–H and O–H groups in total. The number of hydrogen-bond acceptors (Lipinski definition) is 4. The molecule has 0 aliphatic heterocycles. The summed E-state index contributed by atoms with van der Waals surface area (Å²) in [6.45, 7) is 0.804. The molecule has 0 radical (unpaired) electrons. The third-order valence-corrected chi connectivity index (χ3v) is 1.97. The van der Waals surface area contributed by atoms with Crippen molar-refractivity contribution in [2.45, 2.75) is 19.3 Å². The Morgan fingerprint density at radius 1 is 1.40 bits per heavy atom. The van der Waals surface area contributed by atoms with Crippen molar-refractivity contribution in [1.82, 2.24) is 4.98 Å². The van der Waals surface area contributed by atoms with Crippen LogP contribution in [0.3, 0.4) is 0 Å². The van der Waals surface area contributed by atoms with Crippen molar-refractivity contribution in [3.63, 3.8) is 0 Å². The first-order valence-electron chi connectivity index (χ1n) is 4.92. The molecule has 0 atom stereocenters. The van der Waals surface area contributed by atoms with Gasteiger partial charge in [-0.2, -0.15) is 0 Å². The molecule has 0 saturated carbocycles. The Morgan fingerprint density at radius 2 is 2.20 bits per heavy atom. The molecule has 1 rings (SSSR count). The van der Waals surface area contributed by atoms with Gasteiger partial charge in [0, 0.05) is 13.0 Å². The molecule has 1 amide bonds. The van der Waals surface area contributed by atoms with Gasteiger partial charge in [0.1, 0.15) is 5.82 Å². The lowest BCUT2D eigenvalue weighted by Gasteiger charge is -2.05. The fourth-order valence-electron chi connectivity index (χ4n) is 1.17. The standard InChI is InChI=1S/C10H16N4O/c11-9-5-4-8(7-14-9)13-6-2-1-3-10(12)15/h4-5,7,13H,1-3,6H2,(H2,11,14)(H2,12,15). The highest BCUT2D eigenvalue weighted by molar-refractivity contribution is 5.73. The Kier molecular flexibility index (Phi) is 4.40. The van der Waals surface area contributed by atoms with E-state index in [4.69, 9.17) is 11.5 Å². The number of nitrogens with two attached hydrogens (primary N) is 2. The minimum absolute atomic E-state index is 0.246. The number of anilines is 2. The van der Waals surface area contributed by atoms with Crippen molar-refractivity contribution in [2.75, 3.05) is 17.6 Å². The number of amides is 1. The number of hydrogen-bond donors (Lipinski definition) is 3. The molecule has 1 aromatic heterocycles. The molecule has 1 heterocycles. The summed E-state index contributed by atoms with van der Waals surface area (Å²) in [5.74, 6) is 0.262. The molecule has 5 nitrogen and oxygen atoms in total. The summed E-state index contributed by atoms with van der Waals surface area (Å²) >= 11 is 0. The van der Waals surface area contributed by atoms with Crippen molar-refractivity contribution in [3.8, 4) is 0 Å². The first kappa shape index (κ1) is 11.3. The van der Waals surface area contributed by atoms with Crippen molar-refractivity contribution >= 4 is 17.4 Å². The topological polar surface area (TPSA) is 94.0 Å². The zero-order valence-corrected chi connectivity index (χ0v) is 8.57. The van der Waals surface area contributed by atoms with Crippen LogP contribution in [0.5, 0.6) is 0 Å². The highest BCUT2D eigenvalue weighted by atomic mass is 16.1. The van der Waals surface area contributed by atoms with Gasteiger partial charge in [-0.3, -0.25) is 4.79 Å². The van der Waals surface area contributed by atoms with Crippen LogP contribution in [0.4, 0.5) is 11.5 Å². The third kappa shape index (κ3) is 4.85. The first-order chi connectivity index (χ1) is 7.18. The van der Waals surface area contributed by atoms with Gasteiger partial charge in [-0.1, -0.05) is 0 Å². The second-order valence-corrected chi connectivity index (χ2v) is 3.32. The van der Waals surface area contributed by atoms with E-state index in [9.17, 15) is 4.79 Å². The number of carbonyl (C=O) groups excluding carboxylic acids is 1. The molecule has 5 heteroatoms. The summed E-state index contributed by atoms with van der Waals surface area (Å²) < 4.78 is 0. The van der Waals surface area contributed by atoms with Gasteiger partial charge < -0.3 is 16.8 Å². The van der Waals surface area contributed by atoms with E-state index >= 15 is 0 Å². The maximum atomic E-state index is 10.4. The molecule has 0 aliphatic carbocycles. The Morgan fingerprint density at radius 3 is 2.80 bits per heavy atom. The van der Waals surface area contributed by atoms with E-state index in [1.165, 1.54) is 0 Å². The molecule has 15 heavy (non-hydrogen) atoms. The lowest BCUT2D eigenvalue weighted by molar-refractivity contribution is -0.118. The van der Waals surface area contributed by atoms with Gasteiger partial charge in [-0.15, -0.1) is 0 Å². The van der Waals surface area contributed by atoms with Crippen LogP contribution < -0.4 is 16.8 Å². The van der Waals surface area contributed by atoms with E-state index < -0.39 is 0 Å². The fourth-order valence-corrected chi connectivity index (χ4v) is 1.17. The first-order valence-corrected chi connectivity index (χ1v) is 4.92. The van der Waals surface area contributed by atoms with Gasteiger partial charge in [-0.25, -0.2) is 4.98 Å². The summed E-state index contributed by atoms with van der Waals surface area (Å²) in [7, 11) is 0. The van der Waals surface area contributed by atoms with Crippen LogP contribution >= 0.6 is 0 Å². The summed E-state index contributed by atoms with van der Waals surface area (Å²) in [4.78, 5) is 14.4. The SMILES string of the molecule is NC(=O)CCCCNc1ccc(N)nc1. The number of carbonyl (C=O) groups is 1. The largest absolute Gasteiger partial charge is 0.384 e. The minimum Gasteiger partial charge on any atom is -0.384 e. The van der Waals surface area contributed by atoms with Crippen LogP contribution in [0.1, 0.15) is 19.3 Å². The second-order valence-electron chi connectivity index (χ2n) is 3.32. The number of pyridine rings is 1. The van der Waals surface area contributed by atoms with Crippen molar-refractivity contribution < 1.29 is 4.79 Å². The summed E-state index contributed by atoms with van der Waals surface area (Å²) in [5, 5.41) is 3.18. The number of aromatic nitrogens is 1.